The zero-order valence-electron chi connectivity index (χ0n) is 20.2. The summed E-state index contributed by atoms with van der Waals surface area (Å²) < 4.78 is 8.88. The third-order valence-corrected chi connectivity index (χ3v) is 4.26. The maximum absolute atomic E-state index is 9.64. The first-order valence-electron chi connectivity index (χ1n) is 10.1. The predicted octanol–water partition coefficient (Wildman–Crippen LogP) is -2.12. The maximum atomic E-state index is 9.64. The zero-order chi connectivity index (χ0) is 26.5. The van der Waals surface area contributed by atoms with E-state index in [9.17, 15) is 20.4 Å². The fraction of sp³-hybridized carbons (Fsp3) is 0.391. The maximum Gasteiger partial charge on any atom is 1.00 e. The molecule has 35 heavy (non-hydrogen) atoms. The molecule has 2 aromatic carbocycles. The van der Waals surface area contributed by atoms with Crippen molar-refractivity contribution in [1.29, 1.82) is 0 Å². The number of aliphatic hydroxyl groups is 6. The summed E-state index contributed by atoms with van der Waals surface area (Å²) in [5.74, 6) is -0.553. The average molecular weight is 524 g/mol. The third kappa shape index (κ3) is 17.1. The van der Waals surface area contributed by atoms with Gasteiger partial charge in [0.1, 0.15) is 30.2 Å². The number of aliphatic hydroxyl groups excluding tert-OH is 6. The van der Waals surface area contributed by atoms with Gasteiger partial charge in [-0.2, -0.15) is 35.9 Å². The van der Waals surface area contributed by atoms with Gasteiger partial charge in [0, 0.05) is 0 Å². The topological polar surface area (TPSA) is 199 Å². The van der Waals surface area contributed by atoms with Gasteiger partial charge in [-0.25, -0.2) is 4.57 Å². The Morgan fingerprint density at radius 2 is 1.40 bits per heavy atom. The van der Waals surface area contributed by atoms with Gasteiger partial charge >= 0.3 is 37.4 Å². The molecule has 0 heterocycles. The van der Waals surface area contributed by atoms with E-state index >= 15 is 0 Å². The first kappa shape index (κ1) is 36.0. The van der Waals surface area contributed by atoms with Crippen LogP contribution in [0.5, 0.6) is 0 Å². The Labute approximate surface area is 227 Å². The van der Waals surface area contributed by atoms with E-state index in [-0.39, 0.29) is 35.0 Å². The zero-order valence-corrected chi connectivity index (χ0v) is 23.1. The van der Waals surface area contributed by atoms with Crippen molar-refractivity contribution in [3.8, 4) is 0 Å². The van der Waals surface area contributed by atoms with Crippen molar-refractivity contribution in [1.82, 2.24) is 0 Å². The Bertz CT molecular complexity index is 876. The minimum Gasteiger partial charge on any atom is -0.509 e. The third-order valence-electron chi connectivity index (χ3n) is 4.26. The molecule has 9 N–H and O–H groups in total. The molecule has 0 spiro atoms. The summed E-state index contributed by atoms with van der Waals surface area (Å²) in [6.45, 7) is 5.86. The Kier molecular flexibility index (Phi) is 17.9. The van der Waals surface area contributed by atoms with E-state index < -0.39 is 44.6 Å². The normalized spacial score (nSPS) is 15.1. The largest absolute Gasteiger partial charge is 1.00 e. The average Bonchev–Trinajstić information content (AvgIpc) is 2.77. The Hall–Kier alpha value is -1.11. The summed E-state index contributed by atoms with van der Waals surface area (Å²) in [6.07, 6.45) is -5.73. The quantitative estimate of drug-likeness (QED) is 0.0871. The molecule has 0 aliphatic carbocycles. The van der Waals surface area contributed by atoms with Gasteiger partial charge in [0.2, 0.25) is 0 Å². The minimum atomic E-state index is -4.64. The van der Waals surface area contributed by atoms with Crippen molar-refractivity contribution in [2.24, 2.45) is 0 Å². The van der Waals surface area contributed by atoms with E-state index in [0.717, 1.165) is 0 Å². The van der Waals surface area contributed by atoms with E-state index in [2.05, 4.69) is 39.0 Å². The molecule has 0 fully saturated rings. The molecule has 0 amide bonds. The van der Waals surface area contributed by atoms with Gasteiger partial charge in [0.05, 0.1) is 6.61 Å². The first-order chi connectivity index (χ1) is 15.6. The monoisotopic (exact) mass is 524 g/mol. The van der Waals surface area contributed by atoms with Crippen LogP contribution in [0.2, 0.25) is 0 Å². The van der Waals surface area contributed by atoms with Gasteiger partial charge in [0.15, 0.2) is 0 Å². The first-order valence-corrected chi connectivity index (χ1v) is 11.7. The number of rotatable bonds is 6. The van der Waals surface area contributed by atoms with E-state index in [0.29, 0.717) is 5.56 Å². The molecule has 192 valence electrons. The summed E-state index contributed by atoms with van der Waals surface area (Å²) in [7, 11) is -4.64. The van der Waals surface area contributed by atoms with Crippen molar-refractivity contribution in [2.75, 3.05) is 6.61 Å². The molecule has 2 aromatic rings. The van der Waals surface area contributed by atoms with Crippen LogP contribution in [-0.2, 0) is 9.98 Å². The molecule has 0 radical (unpaired) electrons. The molecule has 0 saturated heterocycles. The second kappa shape index (κ2) is 17.4. The van der Waals surface area contributed by atoms with Gasteiger partial charge in [0.25, 0.3) is 0 Å². The predicted molar refractivity (Wildman–Crippen MR) is 126 cm³/mol. The van der Waals surface area contributed by atoms with Crippen LogP contribution < -0.4 is 29.6 Å². The van der Waals surface area contributed by atoms with Crippen molar-refractivity contribution in [2.45, 2.75) is 50.6 Å². The molecular weight excluding hydrogens is 490 g/mol. The molecule has 4 atom stereocenters. The molecule has 2 rings (SSSR count). The van der Waals surface area contributed by atoms with E-state index in [1.54, 1.807) is 30.3 Å². The second-order valence-corrected chi connectivity index (χ2v) is 9.23. The van der Waals surface area contributed by atoms with Crippen LogP contribution in [0.25, 0.3) is 6.08 Å². The molecule has 0 saturated carbocycles. The second-order valence-electron chi connectivity index (χ2n) is 8.21. The summed E-state index contributed by atoms with van der Waals surface area (Å²) in [6, 6.07) is 19.7. The van der Waals surface area contributed by atoms with Gasteiger partial charge < -0.3 is 45.3 Å². The molecular formula is C23H34NaO10P. The van der Waals surface area contributed by atoms with Crippen molar-refractivity contribution in [3.63, 3.8) is 0 Å². The van der Waals surface area contributed by atoms with Crippen LogP contribution >= 0.6 is 7.82 Å². The van der Waals surface area contributed by atoms with Crippen LogP contribution in [0.15, 0.2) is 60.4 Å². The standard InChI is InChI=1S/C13H18O6.C10H13.Na.H3O4P/c14-7-10(16)12(18)13(19)11(17)9(15)6-8-4-2-1-3-5-8;1-10(2,3)9-7-5-4-6-8-9;;1-5(2,3)4/h1-6,10-19H,7H2;5-8H,1-3H3;;(H3,1,2,3,4)/q;-1;+1;. The van der Waals surface area contributed by atoms with Crippen molar-refractivity contribution in [3.05, 3.63) is 77.5 Å². The van der Waals surface area contributed by atoms with Crippen LogP contribution in [-0.4, -0.2) is 76.3 Å². The molecule has 0 aliphatic heterocycles. The number of benzene rings is 2. The molecule has 0 aliphatic rings. The molecule has 4 unspecified atom stereocenters. The summed E-state index contributed by atoms with van der Waals surface area (Å²) in [5, 5.41) is 56.0. The fourth-order valence-electron chi connectivity index (χ4n) is 2.39. The van der Waals surface area contributed by atoms with Gasteiger partial charge in [-0.3, -0.25) is 0 Å². The number of hydrogen-bond acceptors (Lipinski definition) is 7. The van der Waals surface area contributed by atoms with Crippen LogP contribution in [0.3, 0.4) is 0 Å². The number of phosphoric acid groups is 1. The molecule has 0 aromatic heterocycles. The van der Waals surface area contributed by atoms with Crippen molar-refractivity contribution >= 4 is 13.9 Å². The molecule has 10 nitrogen and oxygen atoms in total. The Morgan fingerprint density at radius 3 is 1.77 bits per heavy atom. The Morgan fingerprint density at radius 1 is 0.943 bits per heavy atom. The minimum absolute atomic E-state index is 0. The van der Waals surface area contributed by atoms with Crippen LogP contribution in [0.1, 0.15) is 31.9 Å². The summed E-state index contributed by atoms with van der Waals surface area (Å²) >= 11 is 0. The summed E-state index contributed by atoms with van der Waals surface area (Å²) in [4.78, 5) is 21.6. The van der Waals surface area contributed by atoms with E-state index in [1.807, 2.05) is 12.1 Å². The summed E-state index contributed by atoms with van der Waals surface area (Å²) in [5.41, 5.74) is 2.24. The number of hydrogen-bond donors (Lipinski definition) is 9. The molecule has 0 bridgehead atoms. The van der Waals surface area contributed by atoms with Gasteiger partial charge in [-0.15, -0.1) is 0 Å². The van der Waals surface area contributed by atoms with E-state index in [4.69, 9.17) is 29.5 Å². The van der Waals surface area contributed by atoms with Crippen molar-refractivity contribution < 1.29 is 79.4 Å². The van der Waals surface area contributed by atoms with Crippen LogP contribution in [0, 0.1) is 6.07 Å². The smallest absolute Gasteiger partial charge is 0.509 e. The SMILES string of the molecule is CC(C)(C)c1cc[c-]cc1.O=P(O)(O)O.OCC(O)C(O)C(O)C(O)C(O)=Cc1ccccc1.[Na+]. The van der Waals surface area contributed by atoms with E-state index in [1.165, 1.54) is 11.6 Å². The Balaban J connectivity index is 0. The molecule has 12 heteroatoms. The van der Waals surface area contributed by atoms with Gasteiger partial charge in [-0.05, 0) is 17.1 Å². The van der Waals surface area contributed by atoms with Crippen LogP contribution in [0.4, 0.5) is 0 Å². The fourth-order valence-corrected chi connectivity index (χ4v) is 2.39. The van der Waals surface area contributed by atoms with Gasteiger partial charge in [-0.1, -0.05) is 51.1 Å².